The van der Waals surface area contributed by atoms with Crippen molar-refractivity contribution in [1.82, 2.24) is 15.2 Å². The molecular formula is C16H26N4O2S. The molecule has 7 heteroatoms. The van der Waals surface area contributed by atoms with E-state index in [0.717, 1.165) is 57.0 Å². The Hall–Kier alpha value is -1.02. The smallest absolute Gasteiger partial charge is 0.224 e. The lowest BCUT2D eigenvalue weighted by Gasteiger charge is -2.35. The second-order valence-corrected chi connectivity index (χ2v) is 7.45. The summed E-state index contributed by atoms with van der Waals surface area (Å²) in [5.41, 5.74) is 6.23. The summed E-state index contributed by atoms with van der Waals surface area (Å²) in [7, 11) is 0. The SMILES string of the molecule is N[C@H]1CC[C@@H](C(=O)NCc2nccs2)CN(C2CCOCC2)C1. The Bertz CT molecular complexity index is 490. The number of nitrogens with zero attached hydrogens (tertiary/aromatic N) is 2. The maximum Gasteiger partial charge on any atom is 0.224 e. The van der Waals surface area contributed by atoms with Crippen molar-refractivity contribution in [1.29, 1.82) is 0 Å². The van der Waals surface area contributed by atoms with Crippen molar-refractivity contribution in [2.24, 2.45) is 11.7 Å². The second kappa shape index (κ2) is 8.19. The van der Waals surface area contributed by atoms with E-state index in [1.807, 2.05) is 5.38 Å². The van der Waals surface area contributed by atoms with Crippen LogP contribution in [-0.4, -0.2) is 54.2 Å². The van der Waals surface area contributed by atoms with Crippen LogP contribution >= 0.6 is 11.3 Å². The van der Waals surface area contributed by atoms with Crippen molar-refractivity contribution in [2.75, 3.05) is 26.3 Å². The first-order chi connectivity index (χ1) is 11.2. The van der Waals surface area contributed by atoms with Crippen molar-refractivity contribution in [3.63, 3.8) is 0 Å². The first-order valence-electron chi connectivity index (χ1n) is 8.46. The fraction of sp³-hybridized carbons (Fsp3) is 0.750. The van der Waals surface area contributed by atoms with Gasteiger partial charge >= 0.3 is 0 Å². The third-order valence-electron chi connectivity index (χ3n) is 4.79. The van der Waals surface area contributed by atoms with Crippen molar-refractivity contribution in [3.05, 3.63) is 16.6 Å². The molecule has 2 atom stereocenters. The molecule has 23 heavy (non-hydrogen) atoms. The molecular weight excluding hydrogens is 312 g/mol. The largest absolute Gasteiger partial charge is 0.381 e. The highest BCUT2D eigenvalue weighted by Crippen LogP contribution is 2.22. The molecule has 6 nitrogen and oxygen atoms in total. The van der Waals surface area contributed by atoms with E-state index in [2.05, 4.69) is 15.2 Å². The molecule has 3 heterocycles. The van der Waals surface area contributed by atoms with E-state index in [4.69, 9.17) is 10.5 Å². The van der Waals surface area contributed by atoms with E-state index in [1.165, 1.54) is 0 Å². The number of hydrogen-bond donors (Lipinski definition) is 2. The van der Waals surface area contributed by atoms with Crippen molar-refractivity contribution in [2.45, 2.75) is 44.3 Å². The van der Waals surface area contributed by atoms with Crippen molar-refractivity contribution in [3.8, 4) is 0 Å². The van der Waals surface area contributed by atoms with Crippen LogP contribution < -0.4 is 11.1 Å². The zero-order chi connectivity index (χ0) is 16.1. The molecule has 1 aromatic rings. The number of likely N-dealkylation sites (tertiary alicyclic amines) is 1. The molecule has 3 rings (SSSR count). The van der Waals surface area contributed by atoms with Gasteiger partial charge in [-0.2, -0.15) is 0 Å². The minimum absolute atomic E-state index is 0.0198. The van der Waals surface area contributed by atoms with Crippen LogP contribution in [0, 0.1) is 5.92 Å². The van der Waals surface area contributed by atoms with Crippen molar-refractivity contribution < 1.29 is 9.53 Å². The lowest BCUT2D eigenvalue weighted by atomic mass is 10.0. The molecule has 0 aromatic carbocycles. The third-order valence-corrected chi connectivity index (χ3v) is 5.56. The summed E-state index contributed by atoms with van der Waals surface area (Å²) in [6.07, 6.45) is 5.63. The molecule has 3 N–H and O–H groups in total. The number of nitrogens with two attached hydrogens (primary N) is 1. The number of aromatic nitrogens is 1. The van der Waals surface area contributed by atoms with E-state index in [-0.39, 0.29) is 17.9 Å². The summed E-state index contributed by atoms with van der Waals surface area (Å²) < 4.78 is 5.46. The van der Waals surface area contributed by atoms with E-state index in [0.29, 0.717) is 12.6 Å². The number of thiazole rings is 1. The molecule has 0 aliphatic carbocycles. The number of rotatable bonds is 4. The van der Waals surface area contributed by atoms with Gasteiger partial charge in [-0.1, -0.05) is 0 Å². The van der Waals surface area contributed by atoms with Gasteiger partial charge in [0.1, 0.15) is 5.01 Å². The topological polar surface area (TPSA) is 80.5 Å². The van der Waals surface area contributed by atoms with Crippen LogP contribution in [0.1, 0.15) is 30.7 Å². The van der Waals surface area contributed by atoms with Gasteiger partial charge in [0, 0.05) is 50.0 Å². The van der Waals surface area contributed by atoms with Crippen LogP contribution in [-0.2, 0) is 16.1 Å². The fourth-order valence-electron chi connectivity index (χ4n) is 3.47. The molecule has 128 valence electrons. The monoisotopic (exact) mass is 338 g/mol. The molecule has 0 bridgehead atoms. The summed E-state index contributed by atoms with van der Waals surface area (Å²) in [4.78, 5) is 19.2. The lowest BCUT2D eigenvalue weighted by molar-refractivity contribution is -0.126. The summed E-state index contributed by atoms with van der Waals surface area (Å²) in [6, 6.07) is 0.664. The normalized spacial score (nSPS) is 27.5. The van der Waals surface area contributed by atoms with Gasteiger partial charge in [0.05, 0.1) is 12.5 Å². The van der Waals surface area contributed by atoms with Gasteiger partial charge in [-0.15, -0.1) is 11.3 Å². The van der Waals surface area contributed by atoms with Gasteiger partial charge in [0.2, 0.25) is 5.91 Å². The van der Waals surface area contributed by atoms with Crippen molar-refractivity contribution >= 4 is 17.2 Å². The van der Waals surface area contributed by atoms with E-state index in [1.54, 1.807) is 17.5 Å². The molecule has 2 aliphatic rings. The van der Waals surface area contributed by atoms with Crippen LogP contribution in [0.2, 0.25) is 0 Å². The van der Waals surface area contributed by atoms with Gasteiger partial charge in [-0.25, -0.2) is 4.98 Å². The van der Waals surface area contributed by atoms with Gasteiger partial charge < -0.3 is 15.8 Å². The second-order valence-electron chi connectivity index (χ2n) is 6.48. The van der Waals surface area contributed by atoms with E-state index >= 15 is 0 Å². The number of hydrogen-bond acceptors (Lipinski definition) is 6. The minimum atomic E-state index is 0.0198. The number of ether oxygens (including phenoxy) is 1. The van der Waals surface area contributed by atoms with Crippen LogP contribution in [0.25, 0.3) is 0 Å². The minimum Gasteiger partial charge on any atom is -0.381 e. The van der Waals surface area contributed by atoms with Crippen LogP contribution in [0.15, 0.2) is 11.6 Å². The lowest BCUT2D eigenvalue weighted by Crippen LogP contribution is -2.47. The predicted octanol–water partition coefficient (Wildman–Crippen LogP) is 0.978. The highest BCUT2D eigenvalue weighted by atomic mass is 32.1. The van der Waals surface area contributed by atoms with Gasteiger partial charge in [-0.3, -0.25) is 9.69 Å². The highest BCUT2D eigenvalue weighted by Gasteiger charge is 2.31. The first kappa shape index (κ1) is 16.8. The third kappa shape index (κ3) is 4.73. The standard InChI is InChI=1S/C16H26N4O2S/c17-13-2-1-12(16(21)19-9-15-18-5-8-23-15)10-20(11-13)14-3-6-22-7-4-14/h5,8,12-14H,1-4,6-7,9-11,17H2,(H,19,21)/t12-,13+/m1/s1. The van der Waals surface area contributed by atoms with Crippen LogP contribution in [0.5, 0.6) is 0 Å². The molecule has 2 saturated heterocycles. The fourth-order valence-corrected chi connectivity index (χ4v) is 4.02. The molecule has 2 aliphatic heterocycles. The van der Waals surface area contributed by atoms with Gasteiger partial charge in [0.25, 0.3) is 0 Å². The Morgan fingerprint density at radius 1 is 1.35 bits per heavy atom. The predicted molar refractivity (Wildman–Crippen MR) is 90.1 cm³/mol. The highest BCUT2D eigenvalue weighted by molar-refractivity contribution is 7.09. The molecule has 0 saturated carbocycles. The number of carbonyl (C=O) groups is 1. The average Bonchev–Trinajstić information content (AvgIpc) is 3.02. The first-order valence-corrected chi connectivity index (χ1v) is 9.34. The zero-order valence-electron chi connectivity index (χ0n) is 13.4. The number of amides is 1. The summed E-state index contributed by atoms with van der Waals surface area (Å²) in [5.74, 6) is 0.151. The molecule has 1 amide bonds. The quantitative estimate of drug-likeness (QED) is 0.855. The van der Waals surface area contributed by atoms with E-state index in [9.17, 15) is 4.79 Å². The molecule has 2 fully saturated rings. The number of nitrogens with one attached hydrogen (secondary N) is 1. The summed E-state index contributed by atoms with van der Waals surface area (Å²) in [6.45, 7) is 3.86. The van der Waals surface area contributed by atoms with Gasteiger partial charge in [-0.05, 0) is 25.7 Å². The number of carbonyl (C=O) groups excluding carboxylic acids is 1. The molecule has 0 radical (unpaired) electrons. The Balaban J connectivity index is 1.57. The summed E-state index contributed by atoms with van der Waals surface area (Å²) in [5, 5.41) is 5.92. The zero-order valence-corrected chi connectivity index (χ0v) is 14.3. The summed E-state index contributed by atoms with van der Waals surface area (Å²) >= 11 is 1.57. The molecule has 0 spiro atoms. The molecule has 1 aromatic heterocycles. The maximum atomic E-state index is 12.6. The Morgan fingerprint density at radius 2 is 2.17 bits per heavy atom. The van der Waals surface area contributed by atoms with Gasteiger partial charge in [0.15, 0.2) is 0 Å². The Kier molecular flexibility index (Phi) is 5.99. The van der Waals surface area contributed by atoms with E-state index < -0.39 is 0 Å². The Morgan fingerprint density at radius 3 is 2.91 bits per heavy atom. The maximum absolute atomic E-state index is 12.6. The molecule has 0 unspecified atom stereocenters. The average molecular weight is 338 g/mol. The van der Waals surface area contributed by atoms with Crippen LogP contribution in [0.4, 0.5) is 0 Å². The Labute approximate surface area is 141 Å². The van der Waals surface area contributed by atoms with Crippen LogP contribution in [0.3, 0.4) is 0 Å².